The van der Waals surface area contributed by atoms with Gasteiger partial charge in [0, 0.05) is 17.9 Å². The van der Waals surface area contributed by atoms with Crippen LogP contribution in [0.3, 0.4) is 0 Å². The van der Waals surface area contributed by atoms with Gasteiger partial charge in [-0.3, -0.25) is 4.99 Å². The summed E-state index contributed by atoms with van der Waals surface area (Å²) in [6.45, 7) is 0.770. The molecule has 1 unspecified atom stereocenters. The summed E-state index contributed by atoms with van der Waals surface area (Å²) >= 11 is 8.26. The normalized spacial score (nSPS) is 25.0. The number of halogens is 1. The topological polar surface area (TPSA) is 30.8 Å². The Labute approximate surface area is 135 Å². The van der Waals surface area contributed by atoms with Gasteiger partial charge in [0.1, 0.15) is 5.75 Å². The standard InChI is InChI=1S/C16H20ClNO2S/c17-14-10-12(18-13-4-3-9-21-11-13)6-7-15(14)20-16-5-1-2-8-19-16/h6-7,10,16H,1-5,8-9,11H2. The van der Waals surface area contributed by atoms with Crippen LogP contribution in [0.15, 0.2) is 23.2 Å². The third-order valence-corrected chi connectivity index (χ3v) is 5.03. The van der Waals surface area contributed by atoms with Crippen LogP contribution in [0.2, 0.25) is 5.02 Å². The second-order valence-electron chi connectivity index (χ2n) is 5.36. The van der Waals surface area contributed by atoms with Crippen LogP contribution in [0, 0.1) is 0 Å². The summed E-state index contributed by atoms with van der Waals surface area (Å²) in [5.74, 6) is 2.96. The Morgan fingerprint density at radius 1 is 1.29 bits per heavy atom. The van der Waals surface area contributed by atoms with Gasteiger partial charge in [-0.25, -0.2) is 0 Å². The van der Waals surface area contributed by atoms with E-state index in [0.29, 0.717) is 10.8 Å². The van der Waals surface area contributed by atoms with Gasteiger partial charge in [0.2, 0.25) is 0 Å². The maximum atomic E-state index is 6.31. The van der Waals surface area contributed by atoms with Crippen LogP contribution in [-0.2, 0) is 4.74 Å². The molecule has 2 saturated heterocycles. The third-order valence-electron chi connectivity index (χ3n) is 3.62. The van der Waals surface area contributed by atoms with E-state index in [-0.39, 0.29) is 6.29 Å². The van der Waals surface area contributed by atoms with Gasteiger partial charge in [-0.15, -0.1) is 0 Å². The van der Waals surface area contributed by atoms with Gasteiger partial charge < -0.3 is 9.47 Å². The van der Waals surface area contributed by atoms with E-state index >= 15 is 0 Å². The molecule has 2 fully saturated rings. The second kappa shape index (κ2) is 7.52. The summed E-state index contributed by atoms with van der Waals surface area (Å²) in [5, 5.41) is 0.606. The number of nitrogens with zero attached hydrogens (tertiary/aromatic N) is 1. The average molecular weight is 326 g/mol. The molecule has 0 spiro atoms. The van der Waals surface area contributed by atoms with Crippen molar-refractivity contribution >= 4 is 34.8 Å². The minimum Gasteiger partial charge on any atom is -0.463 e. The van der Waals surface area contributed by atoms with Crippen molar-refractivity contribution in [3.8, 4) is 5.75 Å². The van der Waals surface area contributed by atoms with Gasteiger partial charge >= 0.3 is 0 Å². The fraction of sp³-hybridized carbons (Fsp3) is 0.562. The number of aliphatic imine (C=N–C) groups is 1. The first-order valence-electron chi connectivity index (χ1n) is 7.53. The summed E-state index contributed by atoms with van der Waals surface area (Å²) in [5.41, 5.74) is 2.17. The van der Waals surface area contributed by atoms with Crippen molar-refractivity contribution in [2.45, 2.75) is 38.4 Å². The third kappa shape index (κ3) is 4.38. The quantitative estimate of drug-likeness (QED) is 0.796. The van der Waals surface area contributed by atoms with E-state index in [9.17, 15) is 0 Å². The van der Waals surface area contributed by atoms with Crippen LogP contribution in [0.4, 0.5) is 5.69 Å². The van der Waals surface area contributed by atoms with Crippen LogP contribution in [0.1, 0.15) is 32.1 Å². The molecule has 2 aliphatic rings. The number of rotatable bonds is 3. The van der Waals surface area contributed by atoms with Crippen LogP contribution < -0.4 is 4.74 Å². The van der Waals surface area contributed by atoms with E-state index in [4.69, 9.17) is 26.1 Å². The number of ether oxygens (including phenoxy) is 2. The number of benzene rings is 1. The van der Waals surface area contributed by atoms with Crippen molar-refractivity contribution in [3.63, 3.8) is 0 Å². The highest BCUT2D eigenvalue weighted by Crippen LogP contribution is 2.31. The molecule has 0 bridgehead atoms. The van der Waals surface area contributed by atoms with Gasteiger partial charge in [0.15, 0.2) is 6.29 Å². The zero-order valence-electron chi connectivity index (χ0n) is 12.0. The summed E-state index contributed by atoms with van der Waals surface area (Å²) < 4.78 is 11.4. The van der Waals surface area contributed by atoms with Crippen molar-refractivity contribution in [1.29, 1.82) is 0 Å². The lowest BCUT2D eigenvalue weighted by Crippen LogP contribution is -2.25. The molecule has 3 rings (SSSR count). The first kappa shape index (κ1) is 15.2. The lowest BCUT2D eigenvalue weighted by Gasteiger charge is -2.23. The molecular weight excluding hydrogens is 306 g/mol. The Kier molecular flexibility index (Phi) is 5.44. The predicted molar refractivity (Wildman–Crippen MR) is 89.3 cm³/mol. The van der Waals surface area contributed by atoms with E-state index in [1.165, 1.54) is 17.9 Å². The molecule has 1 atom stereocenters. The average Bonchev–Trinajstić information content (AvgIpc) is 2.52. The summed E-state index contributed by atoms with van der Waals surface area (Å²) in [7, 11) is 0. The maximum absolute atomic E-state index is 6.31. The van der Waals surface area contributed by atoms with E-state index < -0.39 is 0 Å². The van der Waals surface area contributed by atoms with Gasteiger partial charge in [-0.2, -0.15) is 11.8 Å². The lowest BCUT2D eigenvalue weighted by molar-refractivity contribution is -0.105. The molecule has 2 aliphatic heterocycles. The van der Waals surface area contributed by atoms with Gasteiger partial charge in [-0.05, 0) is 49.6 Å². The molecule has 0 saturated carbocycles. The van der Waals surface area contributed by atoms with Crippen molar-refractivity contribution in [2.24, 2.45) is 4.99 Å². The van der Waals surface area contributed by atoms with Crippen LogP contribution in [-0.4, -0.2) is 30.1 Å². The molecule has 0 aromatic heterocycles. The molecule has 3 nitrogen and oxygen atoms in total. The van der Waals surface area contributed by atoms with E-state index in [0.717, 1.165) is 43.7 Å². The minimum absolute atomic E-state index is 0.164. The zero-order valence-corrected chi connectivity index (χ0v) is 13.6. The lowest BCUT2D eigenvalue weighted by atomic mass is 10.2. The van der Waals surface area contributed by atoms with Crippen molar-refractivity contribution in [3.05, 3.63) is 23.2 Å². The molecule has 2 heterocycles. The predicted octanol–water partition coefficient (Wildman–Crippen LogP) is 4.84. The monoisotopic (exact) mass is 325 g/mol. The van der Waals surface area contributed by atoms with E-state index in [2.05, 4.69) is 0 Å². The molecule has 114 valence electrons. The van der Waals surface area contributed by atoms with Crippen LogP contribution in [0.5, 0.6) is 5.75 Å². The molecule has 21 heavy (non-hydrogen) atoms. The fourth-order valence-corrected chi connectivity index (χ4v) is 3.67. The highest BCUT2D eigenvalue weighted by Gasteiger charge is 2.16. The number of hydrogen-bond acceptors (Lipinski definition) is 4. The number of hydrogen-bond donors (Lipinski definition) is 0. The van der Waals surface area contributed by atoms with Crippen molar-refractivity contribution in [1.82, 2.24) is 0 Å². The molecular formula is C16H20ClNO2S. The van der Waals surface area contributed by atoms with Gasteiger partial charge in [0.25, 0.3) is 0 Å². The molecule has 0 amide bonds. The molecule has 5 heteroatoms. The van der Waals surface area contributed by atoms with Crippen molar-refractivity contribution in [2.75, 3.05) is 18.1 Å². The van der Waals surface area contributed by atoms with Crippen LogP contribution in [0.25, 0.3) is 0 Å². The minimum atomic E-state index is -0.164. The second-order valence-corrected chi connectivity index (χ2v) is 6.88. The Balaban J connectivity index is 1.67. The molecule has 0 radical (unpaired) electrons. The first-order chi connectivity index (χ1) is 10.3. The fourth-order valence-electron chi connectivity index (χ4n) is 2.51. The first-order valence-corrected chi connectivity index (χ1v) is 9.06. The van der Waals surface area contributed by atoms with Crippen molar-refractivity contribution < 1.29 is 9.47 Å². The SMILES string of the molecule is Clc1cc(N=C2CCCSC2)ccc1OC1CCCCO1. The molecule has 1 aromatic carbocycles. The highest BCUT2D eigenvalue weighted by atomic mass is 35.5. The zero-order chi connectivity index (χ0) is 14.5. The highest BCUT2D eigenvalue weighted by molar-refractivity contribution is 8.00. The maximum Gasteiger partial charge on any atom is 0.199 e. The van der Waals surface area contributed by atoms with Gasteiger partial charge in [-0.1, -0.05) is 11.6 Å². The summed E-state index contributed by atoms with van der Waals surface area (Å²) in [6.07, 6.45) is 5.34. The van der Waals surface area contributed by atoms with E-state index in [1.54, 1.807) is 0 Å². The Morgan fingerprint density at radius 2 is 2.24 bits per heavy atom. The van der Waals surface area contributed by atoms with E-state index in [1.807, 2.05) is 30.0 Å². The smallest absolute Gasteiger partial charge is 0.199 e. The Morgan fingerprint density at radius 3 is 2.95 bits per heavy atom. The largest absolute Gasteiger partial charge is 0.463 e. The molecule has 0 aliphatic carbocycles. The molecule has 0 N–H and O–H groups in total. The van der Waals surface area contributed by atoms with Crippen LogP contribution >= 0.6 is 23.4 Å². The number of thioether (sulfide) groups is 1. The Hall–Kier alpha value is -0.710. The Bertz CT molecular complexity index is 507. The molecule has 1 aromatic rings. The summed E-state index contributed by atoms with van der Waals surface area (Å²) in [4.78, 5) is 4.69. The van der Waals surface area contributed by atoms with Gasteiger partial charge in [0.05, 0.1) is 17.3 Å². The summed E-state index contributed by atoms with van der Waals surface area (Å²) in [6, 6.07) is 5.75.